The van der Waals surface area contributed by atoms with Gasteiger partial charge in [0.05, 0.1) is 12.7 Å². The van der Waals surface area contributed by atoms with E-state index in [1.807, 2.05) is 0 Å². The fourth-order valence-electron chi connectivity index (χ4n) is 3.20. The van der Waals surface area contributed by atoms with Gasteiger partial charge in [0, 0.05) is 17.6 Å². The molecule has 1 N–H and O–H groups in total. The molecule has 1 aromatic rings. The zero-order valence-corrected chi connectivity index (χ0v) is 12.8. The van der Waals surface area contributed by atoms with Crippen molar-refractivity contribution in [3.05, 3.63) is 29.8 Å². The second kappa shape index (κ2) is 7.06. The monoisotopic (exact) mass is 337 g/mol. The Morgan fingerprint density at radius 2 is 1.73 bits per heavy atom. The van der Waals surface area contributed by atoms with E-state index in [9.17, 15) is 13.2 Å². The Morgan fingerprint density at radius 3 is 2.36 bits per heavy atom. The number of halogens is 4. The summed E-state index contributed by atoms with van der Waals surface area (Å²) in [5.41, 5.74) is 0.431. The van der Waals surface area contributed by atoms with Crippen LogP contribution >= 0.6 is 12.4 Å². The molecule has 2 aliphatic heterocycles. The topological polar surface area (TPSA) is 30.5 Å². The van der Waals surface area contributed by atoms with Crippen LogP contribution in [0, 0.1) is 0 Å². The van der Waals surface area contributed by atoms with Crippen LogP contribution in [0.25, 0.3) is 0 Å². The van der Waals surface area contributed by atoms with Crippen molar-refractivity contribution in [1.82, 2.24) is 5.32 Å². The number of benzene rings is 1. The first-order chi connectivity index (χ1) is 9.99. The normalized spacial score (nSPS) is 27.3. The molecule has 1 aromatic carbocycles. The first-order valence-electron chi connectivity index (χ1n) is 7.21. The van der Waals surface area contributed by atoms with Gasteiger partial charge in [-0.2, -0.15) is 0 Å². The van der Waals surface area contributed by atoms with Gasteiger partial charge in [0.1, 0.15) is 5.75 Å². The standard InChI is InChI=1S/C15H18F3NO2.ClH/c16-15(17,18)21-14-4-2-1-3-10(14)9-20-13-7-11-5-6-12(8-13)19-11;/h1-4,11-13,19H,5-9H2;1H/t11-,12+,13?;. The Hall–Kier alpha value is -0.980. The number of fused-ring (bicyclic) bond motifs is 2. The maximum atomic E-state index is 12.4. The summed E-state index contributed by atoms with van der Waals surface area (Å²) in [6, 6.07) is 7.13. The molecule has 0 radical (unpaired) electrons. The van der Waals surface area contributed by atoms with E-state index >= 15 is 0 Å². The van der Waals surface area contributed by atoms with Gasteiger partial charge in [0.15, 0.2) is 0 Å². The number of alkyl halides is 3. The molecule has 124 valence electrons. The van der Waals surface area contributed by atoms with Crippen molar-refractivity contribution >= 4 is 12.4 Å². The molecule has 0 aromatic heterocycles. The summed E-state index contributed by atoms with van der Waals surface area (Å²) in [5, 5.41) is 3.51. The lowest BCUT2D eigenvalue weighted by molar-refractivity contribution is -0.275. The third kappa shape index (κ3) is 4.51. The second-order valence-electron chi connectivity index (χ2n) is 5.70. The summed E-state index contributed by atoms with van der Waals surface area (Å²) < 4.78 is 46.9. The molecule has 0 saturated carbocycles. The molecule has 3 nitrogen and oxygen atoms in total. The maximum absolute atomic E-state index is 12.4. The van der Waals surface area contributed by atoms with Gasteiger partial charge in [-0.1, -0.05) is 18.2 Å². The van der Waals surface area contributed by atoms with Crippen LogP contribution in [0.1, 0.15) is 31.2 Å². The summed E-state index contributed by atoms with van der Waals surface area (Å²) >= 11 is 0. The maximum Gasteiger partial charge on any atom is 0.573 e. The van der Waals surface area contributed by atoms with E-state index in [1.165, 1.54) is 12.1 Å². The molecular weight excluding hydrogens is 319 g/mol. The van der Waals surface area contributed by atoms with E-state index in [-0.39, 0.29) is 30.9 Å². The highest BCUT2D eigenvalue weighted by Crippen LogP contribution is 2.31. The van der Waals surface area contributed by atoms with Crippen molar-refractivity contribution in [3.8, 4) is 5.75 Å². The van der Waals surface area contributed by atoms with E-state index in [1.54, 1.807) is 12.1 Å². The van der Waals surface area contributed by atoms with Crippen molar-refractivity contribution < 1.29 is 22.6 Å². The number of nitrogens with one attached hydrogen (secondary N) is 1. The summed E-state index contributed by atoms with van der Waals surface area (Å²) in [5.74, 6) is -0.179. The van der Waals surface area contributed by atoms with Gasteiger partial charge in [-0.3, -0.25) is 0 Å². The lowest BCUT2D eigenvalue weighted by Gasteiger charge is -2.29. The third-order valence-electron chi connectivity index (χ3n) is 4.10. The first-order valence-corrected chi connectivity index (χ1v) is 7.21. The van der Waals surface area contributed by atoms with Crippen LogP contribution in [-0.4, -0.2) is 24.6 Å². The molecule has 0 aliphatic carbocycles. The summed E-state index contributed by atoms with van der Waals surface area (Å²) in [6.45, 7) is 0.149. The lowest BCUT2D eigenvalue weighted by atomic mass is 10.0. The minimum atomic E-state index is -4.68. The molecule has 3 atom stereocenters. The minimum absolute atomic E-state index is 0. The van der Waals surface area contributed by atoms with Crippen molar-refractivity contribution in [1.29, 1.82) is 0 Å². The minimum Gasteiger partial charge on any atom is -0.405 e. The van der Waals surface area contributed by atoms with Gasteiger partial charge in [0.25, 0.3) is 0 Å². The van der Waals surface area contributed by atoms with Crippen LogP contribution in [-0.2, 0) is 11.3 Å². The van der Waals surface area contributed by atoms with Crippen LogP contribution < -0.4 is 10.1 Å². The first kappa shape index (κ1) is 17.4. The van der Waals surface area contributed by atoms with Gasteiger partial charge in [-0.25, -0.2) is 0 Å². The fourth-order valence-corrected chi connectivity index (χ4v) is 3.20. The lowest BCUT2D eigenvalue weighted by Crippen LogP contribution is -2.41. The second-order valence-corrected chi connectivity index (χ2v) is 5.70. The number of hydrogen-bond donors (Lipinski definition) is 1. The van der Waals surface area contributed by atoms with Crippen LogP contribution in [0.3, 0.4) is 0 Å². The molecule has 2 heterocycles. The van der Waals surface area contributed by atoms with Gasteiger partial charge in [0.2, 0.25) is 0 Å². The molecule has 2 bridgehead atoms. The molecule has 7 heteroatoms. The number of hydrogen-bond acceptors (Lipinski definition) is 3. The van der Waals surface area contributed by atoms with Gasteiger partial charge in [-0.15, -0.1) is 25.6 Å². The fraction of sp³-hybridized carbons (Fsp3) is 0.600. The van der Waals surface area contributed by atoms with Crippen LogP contribution in [0.15, 0.2) is 24.3 Å². The molecule has 0 amide bonds. The number of para-hydroxylation sites is 1. The largest absolute Gasteiger partial charge is 0.573 e. The molecule has 22 heavy (non-hydrogen) atoms. The van der Waals surface area contributed by atoms with Crippen LogP contribution in [0.2, 0.25) is 0 Å². The van der Waals surface area contributed by atoms with Gasteiger partial charge < -0.3 is 14.8 Å². The zero-order valence-electron chi connectivity index (χ0n) is 11.9. The highest BCUT2D eigenvalue weighted by molar-refractivity contribution is 5.85. The number of ether oxygens (including phenoxy) is 2. The summed E-state index contributed by atoms with van der Waals surface area (Å²) in [7, 11) is 0. The molecule has 1 unspecified atom stereocenters. The van der Waals surface area contributed by atoms with E-state index < -0.39 is 6.36 Å². The summed E-state index contributed by atoms with van der Waals surface area (Å²) in [6.07, 6.45) is -0.374. The Morgan fingerprint density at radius 1 is 1.09 bits per heavy atom. The van der Waals surface area contributed by atoms with Crippen LogP contribution in [0.4, 0.5) is 13.2 Å². The van der Waals surface area contributed by atoms with Gasteiger partial charge >= 0.3 is 6.36 Å². The Labute approximate surface area is 133 Å². The van der Waals surface area contributed by atoms with E-state index in [4.69, 9.17) is 4.74 Å². The molecule has 3 rings (SSSR count). The molecular formula is C15H19ClF3NO2. The number of piperidine rings is 1. The van der Waals surface area contributed by atoms with E-state index in [0.29, 0.717) is 17.6 Å². The summed E-state index contributed by atoms with van der Waals surface area (Å²) in [4.78, 5) is 0. The van der Waals surface area contributed by atoms with E-state index in [2.05, 4.69) is 10.1 Å². The third-order valence-corrected chi connectivity index (χ3v) is 4.10. The highest BCUT2D eigenvalue weighted by Gasteiger charge is 2.34. The Bertz CT molecular complexity index is 486. The van der Waals surface area contributed by atoms with Crippen molar-refractivity contribution in [2.45, 2.75) is 56.8 Å². The zero-order chi connectivity index (χ0) is 14.9. The van der Waals surface area contributed by atoms with Crippen LogP contribution in [0.5, 0.6) is 5.75 Å². The van der Waals surface area contributed by atoms with Crippen molar-refractivity contribution in [3.63, 3.8) is 0 Å². The molecule has 2 saturated heterocycles. The molecule has 2 aliphatic rings. The Kier molecular flexibility index (Phi) is 5.58. The van der Waals surface area contributed by atoms with Crippen molar-refractivity contribution in [2.75, 3.05) is 0 Å². The average molecular weight is 338 g/mol. The predicted octanol–water partition coefficient (Wildman–Crippen LogP) is 3.81. The molecule has 2 fully saturated rings. The predicted molar refractivity (Wildman–Crippen MR) is 78.1 cm³/mol. The smallest absolute Gasteiger partial charge is 0.405 e. The van der Waals surface area contributed by atoms with Crippen molar-refractivity contribution in [2.24, 2.45) is 0 Å². The Balaban J connectivity index is 0.00000176. The number of rotatable bonds is 4. The highest BCUT2D eigenvalue weighted by atomic mass is 35.5. The van der Waals surface area contributed by atoms with Gasteiger partial charge in [-0.05, 0) is 31.7 Å². The molecule has 0 spiro atoms. The SMILES string of the molecule is Cl.FC(F)(F)Oc1ccccc1COC1C[C@H]2CC[C@@H](C1)N2. The average Bonchev–Trinajstić information content (AvgIpc) is 2.75. The quantitative estimate of drug-likeness (QED) is 0.906. The van der Waals surface area contributed by atoms with E-state index in [0.717, 1.165) is 25.7 Å².